The highest BCUT2D eigenvalue weighted by Gasteiger charge is 2.18. The maximum Gasteiger partial charge on any atom is 0.350 e. The Labute approximate surface area is 150 Å². The lowest BCUT2D eigenvalue weighted by molar-refractivity contribution is 0.0531. The van der Waals surface area contributed by atoms with Gasteiger partial charge in [-0.2, -0.15) is 5.26 Å². The number of aromatic nitrogens is 2. The number of carbonyl (C=O) groups excluding carboxylic acids is 1. The molecule has 0 amide bonds. The highest BCUT2D eigenvalue weighted by Crippen LogP contribution is 2.32. The molecule has 0 bridgehead atoms. The van der Waals surface area contributed by atoms with E-state index >= 15 is 0 Å². The first-order valence-corrected chi connectivity index (χ1v) is 9.10. The van der Waals surface area contributed by atoms with Gasteiger partial charge in [0.1, 0.15) is 16.0 Å². The molecule has 2 aromatic heterocycles. The largest absolute Gasteiger partial charge is 0.462 e. The lowest BCUT2D eigenvalue weighted by Gasteiger charge is -1.98. The molecule has 0 atom stereocenters. The number of rotatable bonds is 5. The summed E-state index contributed by atoms with van der Waals surface area (Å²) in [5.41, 5.74) is 4.18. The second kappa shape index (κ2) is 7.08. The van der Waals surface area contributed by atoms with Crippen LogP contribution >= 0.6 is 11.3 Å². The average Bonchev–Trinajstić information content (AvgIpc) is 3.14. The summed E-state index contributed by atoms with van der Waals surface area (Å²) < 4.78 is 5.08. The number of nitrogens with zero attached hydrogens (tertiary/aromatic N) is 2. The van der Waals surface area contributed by atoms with Gasteiger partial charge in [-0.05, 0) is 38.5 Å². The number of carbonyl (C=O) groups is 1. The first-order chi connectivity index (χ1) is 12.1. The van der Waals surface area contributed by atoms with E-state index in [1.807, 2.05) is 18.2 Å². The molecule has 3 rings (SSSR count). The number of thiazole rings is 1. The normalized spacial score (nSPS) is 10.8. The van der Waals surface area contributed by atoms with Gasteiger partial charge in [-0.1, -0.05) is 13.3 Å². The SMILES string of the molecule is CCCc1[nH]c2ccc(-c3nc(C)c(C(=O)OCC)s3)cc2c1C#N. The molecule has 1 aromatic carbocycles. The molecule has 6 heteroatoms. The van der Waals surface area contributed by atoms with E-state index in [1.165, 1.54) is 11.3 Å². The first kappa shape index (κ1) is 17.2. The minimum atomic E-state index is -0.339. The molecule has 0 aliphatic carbocycles. The van der Waals surface area contributed by atoms with Crippen LogP contribution in [0, 0.1) is 18.3 Å². The van der Waals surface area contributed by atoms with Gasteiger partial charge in [0, 0.05) is 22.2 Å². The van der Waals surface area contributed by atoms with Crippen LogP contribution in [-0.2, 0) is 11.2 Å². The highest BCUT2D eigenvalue weighted by atomic mass is 32.1. The van der Waals surface area contributed by atoms with Gasteiger partial charge in [-0.3, -0.25) is 0 Å². The molecule has 128 valence electrons. The summed E-state index contributed by atoms with van der Waals surface area (Å²) in [6.07, 6.45) is 1.82. The summed E-state index contributed by atoms with van der Waals surface area (Å²) in [4.78, 5) is 20.4. The minimum absolute atomic E-state index is 0.339. The van der Waals surface area contributed by atoms with Crippen LogP contribution in [0.5, 0.6) is 0 Å². The molecule has 0 fully saturated rings. The number of H-pyrrole nitrogens is 1. The zero-order valence-electron chi connectivity index (χ0n) is 14.5. The molecule has 2 heterocycles. The molecule has 0 aliphatic heterocycles. The minimum Gasteiger partial charge on any atom is -0.462 e. The van der Waals surface area contributed by atoms with Crippen molar-refractivity contribution in [3.8, 4) is 16.6 Å². The van der Waals surface area contributed by atoms with Crippen molar-refractivity contribution in [1.82, 2.24) is 9.97 Å². The van der Waals surface area contributed by atoms with Crippen molar-refractivity contribution in [2.45, 2.75) is 33.6 Å². The number of hydrogen-bond acceptors (Lipinski definition) is 5. The Bertz CT molecular complexity index is 979. The number of hydrogen-bond donors (Lipinski definition) is 1. The molecular formula is C19H19N3O2S. The maximum atomic E-state index is 12.0. The van der Waals surface area contributed by atoms with Crippen LogP contribution in [0.1, 0.15) is 46.9 Å². The van der Waals surface area contributed by atoms with Crippen LogP contribution in [0.4, 0.5) is 0 Å². The standard InChI is InChI=1S/C19H19N3O2S/c1-4-6-15-14(10-20)13-9-12(7-8-16(13)22-15)18-21-11(3)17(25-18)19(23)24-5-2/h7-9,22H,4-6H2,1-3H3. The van der Waals surface area contributed by atoms with Crippen LogP contribution in [0.25, 0.3) is 21.5 Å². The van der Waals surface area contributed by atoms with E-state index in [0.29, 0.717) is 22.7 Å². The molecule has 0 aliphatic rings. The van der Waals surface area contributed by atoms with Gasteiger partial charge in [0.05, 0.1) is 17.9 Å². The van der Waals surface area contributed by atoms with E-state index in [4.69, 9.17) is 4.74 Å². The van der Waals surface area contributed by atoms with Gasteiger partial charge in [0.25, 0.3) is 0 Å². The Balaban J connectivity index is 2.07. The van der Waals surface area contributed by atoms with E-state index in [2.05, 4.69) is 23.0 Å². The van der Waals surface area contributed by atoms with E-state index in [9.17, 15) is 10.1 Å². The average molecular weight is 353 g/mol. The zero-order chi connectivity index (χ0) is 18.0. The van der Waals surface area contributed by atoms with Crippen molar-refractivity contribution >= 4 is 28.2 Å². The van der Waals surface area contributed by atoms with Gasteiger partial charge < -0.3 is 9.72 Å². The molecule has 0 saturated carbocycles. The van der Waals surface area contributed by atoms with Gasteiger partial charge in [-0.15, -0.1) is 11.3 Å². The second-order valence-corrected chi connectivity index (χ2v) is 6.75. The monoisotopic (exact) mass is 353 g/mol. The summed E-state index contributed by atoms with van der Waals surface area (Å²) in [6.45, 7) is 6.02. The van der Waals surface area contributed by atoms with Crippen molar-refractivity contribution in [2.75, 3.05) is 6.61 Å². The third-order valence-electron chi connectivity index (χ3n) is 3.99. The molecule has 0 spiro atoms. The van der Waals surface area contributed by atoms with E-state index in [-0.39, 0.29) is 5.97 Å². The fraction of sp³-hybridized carbons (Fsp3) is 0.316. The number of nitriles is 1. The summed E-state index contributed by atoms with van der Waals surface area (Å²) in [5, 5.41) is 11.2. The van der Waals surface area contributed by atoms with Gasteiger partial charge >= 0.3 is 5.97 Å². The molecule has 3 aromatic rings. The summed E-state index contributed by atoms with van der Waals surface area (Å²) in [6, 6.07) is 8.21. The molecular weight excluding hydrogens is 334 g/mol. The van der Waals surface area contributed by atoms with Crippen molar-refractivity contribution in [2.24, 2.45) is 0 Å². The predicted octanol–water partition coefficient (Wildman–Crippen LogP) is 4.60. The Hall–Kier alpha value is -2.65. The zero-order valence-corrected chi connectivity index (χ0v) is 15.3. The van der Waals surface area contributed by atoms with Crippen LogP contribution < -0.4 is 0 Å². The fourth-order valence-corrected chi connectivity index (χ4v) is 3.81. The van der Waals surface area contributed by atoms with E-state index in [0.717, 1.165) is 40.0 Å². The number of aromatic amines is 1. The number of fused-ring (bicyclic) bond motifs is 1. The molecule has 5 nitrogen and oxygen atoms in total. The highest BCUT2D eigenvalue weighted by molar-refractivity contribution is 7.17. The molecule has 0 unspecified atom stereocenters. The Morgan fingerprint density at radius 2 is 2.20 bits per heavy atom. The molecule has 1 N–H and O–H groups in total. The Kier molecular flexibility index (Phi) is 4.86. The summed E-state index contributed by atoms with van der Waals surface area (Å²) in [5.74, 6) is -0.339. The van der Waals surface area contributed by atoms with E-state index in [1.54, 1.807) is 13.8 Å². The van der Waals surface area contributed by atoms with Crippen molar-refractivity contribution in [3.05, 3.63) is 40.0 Å². The second-order valence-electron chi connectivity index (χ2n) is 5.75. The van der Waals surface area contributed by atoms with Crippen LogP contribution in [0.3, 0.4) is 0 Å². The van der Waals surface area contributed by atoms with Gasteiger partial charge in [0.2, 0.25) is 0 Å². The van der Waals surface area contributed by atoms with Crippen molar-refractivity contribution < 1.29 is 9.53 Å². The van der Waals surface area contributed by atoms with Gasteiger partial charge in [0.15, 0.2) is 0 Å². The summed E-state index contributed by atoms with van der Waals surface area (Å²) in [7, 11) is 0. The lowest BCUT2D eigenvalue weighted by atomic mass is 10.1. The quantitative estimate of drug-likeness (QED) is 0.680. The topological polar surface area (TPSA) is 78.8 Å². The first-order valence-electron chi connectivity index (χ1n) is 8.28. The molecule has 0 radical (unpaired) electrons. The smallest absolute Gasteiger partial charge is 0.350 e. The number of esters is 1. The van der Waals surface area contributed by atoms with Crippen LogP contribution in [-0.4, -0.2) is 22.5 Å². The van der Waals surface area contributed by atoms with E-state index < -0.39 is 0 Å². The van der Waals surface area contributed by atoms with Crippen molar-refractivity contribution in [3.63, 3.8) is 0 Å². The van der Waals surface area contributed by atoms with Crippen LogP contribution in [0.15, 0.2) is 18.2 Å². The van der Waals surface area contributed by atoms with Gasteiger partial charge in [-0.25, -0.2) is 9.78 Å². The number of aryl methyl sites for hydroxylation is 2. The predicted molar refractivity (Wildman–Crippen MR) is 98.8 cm³/mol. The Morgan fingerprint density at radius 1 is 1.40 bits per heavy atom. The Morgan fingerprint density at radius 3 is 2.88 bits per heavy atom. The van der Waals surface area contributed by atoms with Crippen LogP contribution in [0.2, 0.25) is 0 Å². The fourth-order valence-electron chi connectivity index (χ4n) is 2.85. The number of ether oxygens (including phenoxy) is 1. The maximum absolute atomic E-state index is 12.0. The number of benzene rings is 1. The summed E-state index contributed by atoms with van der Waals surface area (Å²) >= 11 is 1.32. The molecule has 0 saturated heterocycles. The number of nitrogens with one attached hydrogen (secondary N) is 1. The molecule has 25 heavy (non-hydrogen) atoms. The van der Waals surface area contributed by atoms with Crippen molar-refractivity contribution in [1.29, 1.82) is 5.26 Å². The third-order valence-corrected chi connectivity index (χ3v) is 5.18. The third kappa shape index (κ3) is 3.15. The lowest BCUT2D eigenvalue weighted by Crippen LogP contribution is -2.03.